The van der Waals surface area contributed by atoms with Crippen LogP contribution in [0.15, 0.2) is 4.21 Å². The third-order valence-electron chi connectivity index (χ3n) is 3.36. The molecule has 0 bridgehead atoms. The number of aryl methyl sites for hydroxylation is 1. The molecule has 0 aromatic carbocycles. The Morgan fingerprint density at radius 1 is 1.50 bits per heavy atom. The van der Waals surface area contributed by atoms with Gasteiger partial charge in [0, 0.05) is 5.25 Å². The first-order valence-corrected chi connectivity index (χ1v) is 7.78. The van der Waals surface area contributed by atoms with Crippen molar-refractivity contribution in [1.29, 1.82) is 0 Å². The smallest absolute Gasteiger partial charge is 0.181 e. The molecule has 0 spiro atoms. The van der Waals surface area contributed by atoms with E-state index in [1.54, 1.807) is 11.3 Å². The maximum Gasteiger partial charge on any atom is 0.181 e. The summed E-state index contributed by atoms with van der Waals surface area (Å²) in [6.45, 7) is 4.38. The first kappa shape index (κ1) is 12.2. The highest BCUT2D eigenvalue weighted by Gasteiger charge is 2.22. The Morgan fingerprint density at radius 2 is 2.31 bits per heavy atom. The lowest BCUT2D eigenvalue weighted by molar-refractivity contribution is 0.357. The lowest BCUT2D eigenvalue weighted by Crippen LogP contribution is -2.16. The molecule has 2 rings (SSSR count). The van der Waals surface area contributed by atoms with Crippen molar-refractivity contribution in [2.45, 2.75) is 55.4 Å². The predicted octanol–water partition coefficient (Wildman–Crippen LogP) is 4.09. The number of nitrogen functional groups attached to an aromatic ring is 1. The van der Waals surface area contributed by atoms with E-state index in [1.807, 2.05) is 11.8 Å². The standard InChI is InChI=1S/C12H20N2S2/c1-3-9-5-4-6-10(7-9)15-11-8(2)14-12(13)16-11/h9-10H,3-7H2,1-2H3,(H2,13,14). The van der Waals surface area contributed by atoms with Crippen molar-refractivity contribution in [2.24, 2.45) is 5.92 Å². The average molecular weight is 256 g/mol. The van der Waals surface area contributed by atoms with Gasteiger partial charge in [-0.25, -0.2) is 4.98 Å². The molecule has 0 amide bonds. The molecule has 1 aliphatic rings. The number of aromatic nitrogens is 1. The van der Waals surface area contributed by atoms with Crippen molar-refractivity contribution >= 4 is 28.2 Å². The van der Waals surface area contributed by atoms with Crippen LogP contribution in [-0.4, -0.2) is 10.2 Å². The molecule has 2 unspecified atom stereocenters. The number of hydrogen-bond donors (Lipinski definition) is 1. The molecular weight excluding hydrogens is 236 g/mol. The van der Waals surface area contributed by atoms with Gasteiger partial charge >= 0.3 is 0 Å². The van der Waals surface area contributed by atoms with Crippen molar-refractivity contribution in [3.05, 3.63) is 5.69 Å². The molecular formula is C12H20N2S2. The van der Waals surface area contributed by atoms with E-state index in [-0.39, 0.29) is 0 Å². The normalized spacial score (nSPS) is 25.9. The number of hydrogen-bond acceptors (Lipinski definition) is 4. The van der Waals surface area contributed by atoms with E-state index in [2.05, 4.69) is 18.8 Å². The maximum absolute atomic E-state index is 5.73. The number of nitrogens with two attached hydrogens (primary N) is 1. The van der Waals surface area contributed by atoms with Crippen LogP contribution in [-0.2, 0) is 0 Å². The quantitative estimate of drug-likeness (QED) is 0.885. The van der Waals surface area contributed by atoms with Crippen LogP contribution in [0.3, 0.4) is 0 Å². The van der Waals surface area contributed by atoms with E-state index in [0.29, 0.717) is 5.13 Å². The van der Waals surface area contributed by atoms with Gasteiger partial charge in [0.15, 0.2) is 5.13 Å². The van der Waals surface area contributed by atoms with Crippen LogP contribution in [0.2, 0.25) is 0 Å². The highest BCUT2D eigenvalue weighted by Crippen LogP contribution is 2.41. The van der Waals surface area contributed by atoms with Crippen molar-refractivity contribution in [3.8, 4) is 0 Å². The van der Waals surface area contributed by atoms with Crippen molar-refractivity contribution in [3.63, 3.8) is 0 Å². The highest BCUT2D eigenvalue weighted by atomic mass is 32.2. The van der Waals surface area contributed by atoms with Gasteiger partial charge in [-0.05, 0) is 25.7 Å². The fraction of sp³-hybridized carbons (Fsp3) is 0.750. The molecule has 1 heterocycles. The van der Waals surface area contributed by atoms with E-state index in [4.69, 9.17) is 5.73 Å². The summed E-state index contributed by atoms with van der Waals surface area (Å²) >= 11 is 3.65. The van der Waals surface area contributed by atoms with Crippen molar-refractivity contribution in [2.75, 3.05) is 5.73 Å². The summed E-state index contributed by atoms with van der Waals surface area (Å²) in [6, 6.07) is 0. The van der Waals surface area contributed by atoms with Crippen molar-refractivity contribution in [1.82, 2.24) is 4.98 Å². The Bertz CT molecular complexity index is 349. The molecule has 1 aromatic rings. The number of thioether (sulfide) groups is 1. The first-order valence-electron chi connectivity index (χ1n) is 6.08. The Kier molecular flexibility index (Phi) is 4.14. The molecule has 1 fully saturated rings. The van der Waals surface area contributed by atoms with Gasteiger partial charge in [0.25, 0.3) is 0 Å². The topological polar surface area (TPSA) is 38.9 Å². The van der Waals surface area contributed by atoms with Crippen molar-refractivity contribution < 1.29 is 0 Å². The van der Waals surface area contributed by atoms with Crippen LogP contribution in [0.1, 0.15) is 44.7 Å². The van der Waals surface area contributed by atoms with E-state index in [0.717, 1.165) is 16.9 Å². The Balaban J connectivity index is 1.96. The Morgan fingerprint density at radius 3 is 2.94 bits per heavy atom. The molecule has 0 saturated heterocycles. The molecule has 16 heavy (non-hydrogen) atoms. The van der Waals surface area contributed by atoms with Gasteiger partial charge in [0.1, 0.15) is 0 Å². The second kappa shape index (κ2) is 5.41. The van der Waals surface area contributed by atoms with Crippen LogP contribution >= 0.6 is 23.1 Å². The second-order valence-corrected chi connectivity index (χ2v) is 7.21. The van der Waals surface area contributed by atoms with Gasteiger partial charge in [-0.1, -0.05) is 37.5 Å². The van der Waals surface area contributed by atoms with Gasteiger partial charge in [-0.15, -0.1) is 11.8 Å². The number of thiazole rings is 1. The summed E-state index contributed by atoms with van der Waals surface area (Å²) in [6.07, 6.45) is 6.89. The zero-order chi connectivity index (χ0) is 11.5. The summed E-state index contributed by atoms with van der Waals surface area (Å²) in [5.74, 6) is 0.942. The van der Waals surface area contributed by atoms with Gasteiger partial charge in [-0.3, -0.25) is 0 Å². The van der Waals surface area contributed by atoms with Gasteiger partial charge in [-0.2, -0.15) is 0 Å². The highest BCUT2D eigenvalue weighted by molar-refractivity contribution is 8.01. The molecule has 0 radical (unpaired) electrons. The predicted molar refractivity (Wildman–Crippen MR) is 73.2 cm³/mol. The second-order valence-electron chi connectivity index (χ2n) is 4.61. The molecule has 1 saturated carbocycles. The Labute approximate surface area is 106 Å². The number of anilines is 1. The molecule has 2 atom stereocenters. The number of nitrogens with zero attached hydrogens (tertiary/aromatic N) is 1. The largest absolute Gasteiger partial charge is 0.375 e. The summed E-state index contributed by atoms with van der Waals surface area (Å²) in [5, 5.41) is 1.50. The SMILES string of the molecule is CCC1CCCC(Sc2sc(N)nc2C)C1. The van der Waals surface area contributed by atoms with Crippen LogP contribution < -0.4 is 5.73 Å². The minimum absolute atomic E-state index is 0.711. The zero-order valence-corrected chi connectivity index (χ0v) is 11.7. The van der Waals surface area contributed by atoms with Crippen LogP contribution in [0.4, 0.5) is 5.13 Å². The van der Waals surface area contributed by atoms with E-state index in [9.17, 15) is 0 Å². The third-order valence-corrected chi connectivity index (χ3v) is 5.95. The third kappa shape index (κ3) is 2.92. The van der Waals surface area contributed by atoms with E-state index in [1.165, 1.54) is 36.3 Å². The lowest BCUT2D eigenvalue weighted by Gasteiger charge is -2.27. The molecule has 90 valence electrons. The average Bonchev–Trinajstić information content (AvgIpc) is 2.58. The van der Waals surface area contributed by atoms with Crippen LogP contribution in [0.25, 0.3) is 0 Å². The van der Waals surface area contributed by atoms with E-state index < -0.39 is 0 Å². The fourth-order valence-electron chi connectivity index (χ4n) is 2.38. The summed E-state index contributed by atoms with van der Waals surface area (Å²) < 4.78 is 1.33. The van der Waals surface area contributed by atoms with Crippen LogP contribution in [0.5, 0.6) is 0 Å². The summed E-state index contributed by atoms with van der Waals surface area (Å²) in [4.78, 5) is 4.29. The molecule has 2 N–H and O–H groups in total. The first-order chi connectivity index (χ1) is 7.69. The zero-order valence-electron chi connectivity index (χ0n) is 10.0. The Hall–Kier alpha value is -0.220. The summed E-state index contributed by atoms with van der Waals surface area (Å²) in [7, 11) is 0. The molecule has 0 aliphatic heterocycles. The number of rotatable bonds is 3. The molecule has 2 nitrogen and oxygen atoms in total. The van der Waals surface area contributed by atoms with Gasteiger partial charge < -0.3 is 5.73 Å². The lowest BCUT2D eigenvalue weighted by atomic mass is 9.87. The van der Waals surface area contributed by atoms with Gasteiger partial charge in [0.2, 0.25) is 0 Å². The molecule has 1 aromatic heterocycles. The molecule has 1 aliphatic carbocycles. The van der Waals surface area contributed by atoms with Gasteiger partial charge in [0.05, 0.1) is 9.90 Å². The minimum atomic E-state index is 0.711. The monoisotopic (exact) mass is 256 g/mol. The fourth-order valence-corrected chi connectivity index (χ4v) is 4.98. The summed E-state index contributed by atoms with van der Waals surface area (Å²) in [5.41, 5.74) is 6.85. The minimum Gasteiger partial charge on any atom is -0.375 e. The van der Waals surface area contributed by atoms with Crippen LogP contribution in [0, 0.1) is 12.8 Å². The molecule has 4 heteroatoms. The maximum atomic E-state index is 5.73. The van der Waals surface area contributed by atoms with E-state index >= 15 is 0 Å².